The van der Waals surface area contributed by atoms with Crippen LogP contribution in [0.25, 0.3) is 0 Å². The number of rotatable bonds is 5. The molecule has 0 radical (unpaired) electrons. The zero-order chi connectivity index (χ0) is 16.8. The van der Waals surface area contributed by atoms with Crippen molar-refractivity contribution in [2.75, 3.05) is 5.32 Å². The maximum atomic E-state index is 12.2. The highest BCUT2D eigenvalue weighted by Gasteiger charge is 2.13. The van der Waals surface area contributed by atoms with Crippen LogP contribution in [0.3, 0.4) is 0 Å². The average molecular weight is 332 g/mol. The van der Waals surface area contributed by atoms with Gasteiger partial charge < -0.3 is 10.6 Å². The molecule has 6 heteroatoms. The van der Waals surface area contributed by atoms with Crippen molar-refractivity contribution in [3.8, 4) is 0 Å². The van der Waals surface area contributed by atoms with Crippen molar-refractivity contribution in [1.82, 2.24) is 10.3 Å². The van der Waals surface area contributed by atoms with Crippen molar-refractivity contribution >= 4 is 29.1 Å². The normalized spacial score (nSPS) is 11.6. The number of halogens is 1. The van der Waals surface area contributed by atoms with Gasteiger partial charge in [0.2, 0.25) is 0 Å². The van der Waals surface area contributed by atoms with E-state index in [4.69, 9.17) is 11.6 Å². The van der Waals surface area contributed by atoms with Crippen molar-refractivity contribution in [1.29, 1.82) is 0 Å². The zero-order valence-corrected chi connectivity index (χ0v) is 13.7. The number of nitrogens with one attached hydrogen (secondary N) is 2. The molecule has 2 N–H and O–H groups in total. The molecule has 1 unspecified atom stereocenters. The predicted molar refractivity (Wildman–Crippen MR) is 90.9 cm³/mol. The number of benzene rings is 1. The number of carbonyl (C=O) groups is 2. The van der Waals surface area contributed by atoms with Gasteiger partial charge in [0.25, 0.3) is 11.8 Å². The smallest absolute Gasteiger partial charge is 0.274 e. The van der Waals surface area contributed by atoms with Gasteiger partial charge in [-0.05, 0) is 49.7 Å². The van der Waals surface area contributed by atoms with Gasteiger partial charge in [0.1, 0.15) is 11.4 Å². The van der Waals surface area contributed by atoms with Crippen LogP contribution in [-0.4, -0.2) is 22.8 Å². The maximum Gasteiger partial charge on any atom is 0.274 e. The predicted octanol–water partition coefficient (Wildman–Crippen LogP) is 3.52. The van der Waals surface area contributed by atoms with Crippen LogP contribution in [0.4, 0.5) is 5.69 Å². The van der Waals surface area contributed by atoms with E-state index < -0.39 is 0 Å². The van der Waals surface area contributed by atoms with Gasteiger partial charge in [0.05, 0.1) is 0 Å². The molecule has 0 aliphatic rings. The highest BCUT2D eigenvalue weighted by molar-refractivity contribution is 6.30. The Labute approximate surface area is 140 Å². The SMILES string of the molecule is CCC(C)NC(=O)c1cccc(C(=O)Nc2ccc(Cl)cc2)n1. The van der Waals surface area contributed by atoms with Gasteiger partial charge in [-0.2, -0.15) is 0 Å². The number of aromatic nitrogens is 1. The summed E-state index contributed by atoms with van der Waals surface area (Å²) in [7, 11) is 0. The van der Waals surface area contributed by atoms with Gasteiger partial charge in [0.15, 0.2) is 0 Å². The molecule has 0 saturated carbocycles. The molecule has 0 aliphatic carbocycles. The quantitative estimate of drug-likeness (QED) is 0.880. The average Bonchev–Trinajstić information content (AvgIpc) is 2.56. The Morgan fingerprint density at radius 2 is 1.70 bits per heavy atom. The van der Waals surface area contributed by atoms with E-state index >= 15 is 0 Å². The molecule has 120 valence electrons. The lowest BCUT2D eigenvalue weighted by molar-refractivity contribution is 0.0934. The van der Waals surface area contributed by atoms with Crippen LogP contribution in [0, 0.1) is 0 Å². The number of nitrogens with zero attached hydrogens (tertiary/aromatic N) is 1. The highest BCUT2D eigenvalue weighted by atomic mass is 35.5. The molecule has 0 bridgehead atoms. The Morgan fingerprint density at radius 3 is 2.30 bits per heavy atom. The summed E-state index contributed by atoms with van der Waals surface area (Å²) in [5, 5.41) is 6.12. The first kappa shape index (κ1) is 17.0. The molecule has 2 rings (SSSR count). The Balaban J connectivity index is 2.10. The van der Waals surface area contributed by atoms with E-state index in [1.54, 1.807) is 42.5 Å². The number of hydrogen-bond donors (Lipinski definition) is 2. The lowest BCUT2D eigenvalue weighted by Gasteiger charge is -2.11. The number of pyridine rings is 1. The Morgan fingerprint density at radius 1 is 1.09 bits per heavy atom. The summed E-state index contributed by atoms with van der Waals surface area (Å²) in [5.74, 6) is -0.675. The third-order valence-electron chi connectivity index (χ3n) is 3.31. The van der Waals surface area contributed by atoms with Gasteiger partial charge in [-0.3, -0.25) is 9.59 Å². The molecule has 1 heterocycles. The van der Waals surface area contributed by atoms with Gasteiger partial charge in [-0.25, -0.2) is 4.98 Å². The van der Waals surface area contributed by atoms with Crippen molar-refractivity contribution < 1.29 is 9.59 Å². The van der Waals surface area contributed by atoms with Crippen LogP contribution < -0.4 is 10.6 Å². The van der Waals surface area contributed by atoms with Gasteiger partial charge >= 0.3 is 0 Å². The Bertz CT molecular complexity index is 701. The van der Waals surface area contributed by atoms with Crippen LogP contribution in [0.1, 0.15) is 41.2 Å². The van der Waals surface area contributed by atoms with Crippen molar-refractivity contribution in [2.45, 2.75) is 26.3 Å². The number of carbonyl (C=O) groups excluding carboxylic acids is 2. The Hall–Kier alpha value is -2.40. The van der Waals surface area contributed by atoms with E-state index in [2.05, 4.69) is 15.6 Å². The molecule has 1 aromatic heterocycles. The molecule has 0 spiro atoms. The minimum atomic E-state index is -0.384. The standard InChI is InChI=1S/C17H18ClN3O2/c1-3-11(2)19-16(22)14-5-4-6-15(21-14)17(23)20-13-9-7-12(18)8-10-13/h4-11H,3H2,1-2H3,(H,19,22)(H,20,23). The number of hydrogen-bond acceptors (Lipinski definition) is 3. The van der Waals surface area contributed by atoms with E-state index in [1.807, 2.05) is 13.8 Å². The first-order valence-electron chi connectivity index (χ1n) is 7.34. The second-order valence-corrected chi connectivity index (χ2v) is 5.59. The topological polar surface area (TPSA) is 71.1 Å². The summed E-state index contributed by atoms with van der Waals surface area (Å²) in [4.78, 5) is 28.4. The summed E-state index contributed by atoms with van der Waals surface area (Å²) in [5.41, 5.74) is 1.00. The van der Waals surface area contributed by atoms with Crippen LogP contribution in [0.15, 0.2) is 42.5 Å². The highest BCUT2D eigenvalue weighted by Crippen LogP contribution is 2.14. The summed E-state index contributed by atoms with van der Waals surface area (Å²) < 4.78 is 0. The fourth-order valence-electron chi connectivity index (χ4n) is 1.82. The molecule has 1 aromatic carbocycles. The molecule has 2 amide bonds. The molecule has 23 heavy (non-hydrogen) atoms. The lowest BCUT2D eigenvalue weighted by atomic mass is 10.2. The van der Waals surface area contributed by atoms with E-state index in [0.717, 1.165) is 6.42 Å². The van der Waals surface area contributed by atoms with Gasteiger partial charge in [-0.1, -0.05) is 24.6 Å². The third kappa shape index (κ3) is 4.79. The Kier molecular flexibility index (Phi) is 5.71. The zero-order valence-electron chi connectivity index (χ0n) is 13.0. The minimum absolute atomic E-state index is 0.0517. The molecule has 0 aliphatic heterocycles. The molecular weight excluding hydrogens is 314 g/mol. The number of amides is 2. The van der Waals surface area contributed by atoms with Gasteiger partial charge in [-0.15, -0.1) is 0 Å². The first-order chi connectivity index (χ1) is 11.0. The summed E-state index contributed by atoms with van der Waals surface area (Å²) in [6.45, 7) is 3.89. The largest absolute Gasteiger partial charge is 0.348 e. The third-order valence-corrected chi connectivity index (χ3v) is 3.56. The molecule has 0 fully saturated rings. The first-order valence-corrected chi connectivity index (χ1v) is 7.72. The molecule has 1 atom stereocenters. The van der Waals surface area contributed by atoms with Crippen molar-refractivity contribution in [2.24, 2.45) is 0 Å². The van der Waals surface area contributed by atoms with E-state index in [1.165, 1.54) is 0 Å². The monoisotopic (exact) mass is 331 g/mol. The number of anilines is 1. The summed E-state index contributed by atoms with van der Waals surface area (Å²) >= 11 is 5.80. The van der Waals surface area contributed by atoms with Crippen LogP contribution in [0.5, 0.6) is 0 Å². The second-order valence-electron chi connectivity index (χ2n) is 5.15. The fourth-order valence-corrected chi connectivity index (χ4v) is 1.94. The van der Waals surface area contributed by atoms with Gasteiger partial charge in [0, 0.05) is 16.8 Å². The van der Waals surface area contributed by atoms with Crippen molar-refractivity contribution in [3.63, 3.8) is 0 Å². The molecule has 5 nitrogen and oxygen atoms in total. The summed E-state index contributed by atoms with van der Waals surface area (Å²) in [6.07, 6.45) is 0.822. The molecule has 2 aromatic rings. The van der Waals surface area contributed by atoms with Crippen LogP contribution in [-0.2, 0) is 0 Å². The molecule has 0 saturated heterocycles. The summed E-state index contributed by atoms with van der Waals surface area (Å²) in [6, 6.07) is 11.6. The van der Waals surface area contributed by atoms with E-state index in [0.29, 0.717) is 10.7 Å². The molecular formula is C17H18ClN3O2. The van der Waals surface area contributed by atoms with E-state index in [-0.39, 0.29) is 29.2 Å². The second kappa shape index (κ2) is 7.74. The van der Waals surface area contributed by atoms with E-state index in [9.17, 15) is 9.59 Å². The fraction of sp³-hybridized carbons (Fsp3) is 0.235. The minimum Gasteiger partial charge on any atom is -0.348 e. The maximum absolute atomic E-state index is 12.2. The van der Waals surface area contributed by atoms with Crippen molar-refractivity contribution in [3.05, 3.63) is 58.9 Å². The van der Waals surface area contributed by atoms with Crippen LogP contribution in [0.2, 0.25) is 5.02 Å². The van der Waals surface area contributed by atoms with Crippen LogP contribution >= 0.6 is 11.6 Å². The lowest BCUT2D eigenvalue weighted by Crippen LogP contribution is -2.32.